The summed E-state index contributed by atoms with van der Waals surface area (Å²) in [5.41, 5.74) is 5.26. The maximum absolute atomic E-state index is 12.2. The van der Waals surface area contributed by atoms with Gasteiger partial charge in [-0.1, -0.05) is 6.92 Å². The van der Waals surface area contributed by atoms with Gasteiger partial charge in [-0.05, 0) is 6.42 Å². The van der Waals surface area contributed by atoms with E-state index in [-0.39, 0.29) is 17.6 Å². The molecule has 0 aliphatic heterocycles. The van der Waals surface area contributed by atoms with Gasteiger partial charge in [-0.3, -0.25) is 0 Å². The summed E-state index contributed by atoms with van der Waals surface area (Å²) >= 11 is 0.878. The minimum atomic E-state index is -4.24. The quantitative estimate of drug-likeness (QED) is 0.873. The summed E-state index contributed by atoms with van der Waals surface area (Å²) in [5.74, 6) is 0.0123. The predicted octanol–water partition coefficient (Wildman–Crippen LogP) is 1.90. The second-order valence-corrected chi connectivity index (χ2v) is 3.70. The van der Waals surface area contributed by atoms with Crippen molar-refractivity contribution in [2.24, 2.45) is 0 Å². The molecule has 0 aliphatic carbocycles. The number of nitrogens with zero attached hydrogens (tertiary/aromatic N) is 3. The molecule has 1 aromatic heterocycles. The molecule has 8 heteroatoms. The zero-order valence-electron chi connectivity index (χ0n) is 8.08. The smallest absolute Gasteiger partial charge is 0.367 e. The molecule has 0 bridgehead atoms. The SMILES string of the molecule is CCCN(CC(F)(F)F)c1nc(N)ns1. The largest absolute Gasteiger partial charge is 0.406 e. The Morgan fingerprint density at radius 1 is 1.47 bits per heavy atom. The molecule has 0 aliphatic rings. The lowest BCUT2D eigenvalue weighted by Crippen LogP contribution is -2.34. The third-order valence-corrected chi connectivity index (χ3v) is 2.36. The van der Waals surface area contributed by atoms with E-state index in [0.29, 0.717) is 6.42 Å². The highest BCUT2D eigenvalue weighted by Crippen LogP contribution is 2.24. The maximum atomic E-state index is 12.2. The summed E-state index contributed by atoms with van der Waals surface area (Å²) in [6, 6.07) is 0. The Hall–Kier alpha value is -1.05. The number of anilines is 2. The monoisotopic (exact) mass is 240 g/mol. The van der Waals surface area contributed by atoms with Crippen LogP contribution in [0.1, 0.15) is 13.3 Å². The number of hydrogen-bond acceptors (Lipinski definition) is 5. The van der Waals surface area contributed by atoms with Crippen molar-refractivity contribution in [3.63, 3.8) is 0 Å². The minimum absolute atomic E-state index is 0.0123. The fourth-order valence-corrected chi connectivity index (χ4v) is 1.71. The van der Waals surface area contributed by atoms with Gasteiger partial charge in [0.05, 0.1) is 0 Å². The Bertz CT molecular complexity index is 311. The maximum Gasteiger partial charge on any atom is 0.406 e. The van der Waals surface area contributed by atoms with Crippen molar-refractivity contribution in [3.05, 3.63) is 0 Å². The average Bonchev–Trinajstić information content (AvgIpc) is 2.48. The van der Waals surface area contributed by atoms with E-state index in [0.717, 1.165) is 16.4 Å². The molecule has 0 aromatic carbocycles. The topological polar surface area (TPSA) is 55.0 Å². The molecule has 15 heavy (non-hydrogen) atoms. The number of alkyl halides is 3. The third kappa shape index (κ3) is 3.90. The predicted molar refractivity (Wildman–Crippen MR) is 52.9 cm³/mol. The highest BCUT2D eigenvalue weighted by Gasteiger charge is 2.31. The van der Waals surface area contributed by atoms with Crippen molar-refractivity contribution in [2.45, 2.75) is 19.5 Å². The molecule has 0 fully saturated rings. The molecular weight excluding hydrogens is 229 g/mol. The number of nitrogens with two attached hydrogens (primary N) is 1. The Morgan fingerprint density at radius 2 is 2.13 bits per heavy atom. The molecule has 0 unspecified atom stereocenters. The number of nitrogen functional groups attached to an aromatic ring is 1. The first kappa shape index (κ1) is 12.0. The Kier molecular flexibility index (Phi) is 3.72. The van der Waals surface area contributed by atoms with Crippen LogP contribution in [0, 0.1) is 0 Å². The van der Waals surface area contributed by atoms with Crippen molar-refractivity contribution in [1.29, 1.82) is 0 Å². The Balaban J connectivity index is 2.74. The molecule has 0 amide bonds. The second-order valence-electron chi connectivity index (χ2n) is 2.97. The van der Waals surface area contributed by atoms with Gasteiger partial charge in [-0.2, -0.15) is 22.5 Å². The van der Waals surface area contributed by atoms with Crippen molar-refractivity contribution >= 4 is 22.6 Å². The van der Waals surface area contributed by atoms with Crippen LogP contribution in [0.5, 0.6) is 0 Å². The van der Waals surface area contributed by atoms with E-state index in [9.17, 15) is 13.2 Å². The van der Waals surface area contributed by atoms with Gasteiger partial charge < -0.3 is 10.6 Å². The lowest BCUT2D eigenvalue weighted by Gasteiger charge is -2.21. The summed E-state index contributed by atoms with van der Waals surface area (Å²) in [5, 5.41) is 0.215. The highest BCUT2D eigenvalue weighted by atomic mass is 32.1. The molecule has 0 radical (unpaired) electrons. The first-order valence-electron chi connectivity index (χ1n) is 4.33. The fraction of sp³-hybridized carbons (Fsp3) is 0.714. The van der Waals surface area contributed by atoms with Crippen molar-refractivity contribution in [2.75, 3.05) is 23.7 Å². The van der Waals surface area contributed by atoms with Crippen LogP contribution >= 0.6 is 11.5 Å². The summed E-state index contributed by atoms with van der Waals surface area (Å²) < 4.78 is 40.3. The van der Waals surface area contributed by atoms with Gasteiger partial charge in [0.15, 0.2) is 0 Å². The molecule has 4 nitrogen and oxygen atoms in total. The summed E-state index contributed by atoms with van der Waals surface area (Å²) in [4.78, 5) is 4.86. The van der Waals surface area contributed by atoms with Gasteiger partial charge >= 0.3 is 6.18 Å². The number of hydrogen-bond donors (Lipinski definition) is 1. The zero-order valence-corrected chi connectivity index (χ0v) is 8.90. The van der Waals surface area contributed by atoms with E-state index in [2.05, 4.69) is 9.36 Å². The average molecular weight is 240 g/mol. The summed E-state index contributed by atoms with van der Waals surface area (Å²) in [6.45, 7) is 1.07. The van der Waals surface area contributed by atoms with Crippen LogP contribution in [-0.4, -0.2) is 28.6 Å². The van der Waals surface area contributed by atoms with Crippen molar-refractivity contribution in [1.82, 2.24) is 9.36 Å². The zero-order chi connectivity index (χ0) is 11.5. The van der Waals surface area contributed by atoms with E-state index in [1.165, 1.54) is 0 Å². The van der Waals surface area contributed by atoms with Crippen LogP contribution < -0.4 is 10.6 Å². The minimum Gasteiger partial charge on any atom is -0.367 e. The van der Waals surface area contributed by atoms with Gasteiger partial charge in [0.2, 0.25) is 11.1 Å². The number of halogens is 3. The molecule has 1 aromatic rings. The lowest BCUT2D eigenvalue weighted by molar-refractivity contribution is -0.119. The van der Waals surface area contributed by atoms with Crippen LogP contribution in [0.4, 0.5) is 24.3 Å². The normalized spacial score (nSPS) is 11.7. The molecule has 86 valence electrons. The summed E-state index contributed by atoms with van der Waals surface area (Å²) in [6.07, 6.45) is -3.63. The van der Waals surface area contributed by atoms with E-state index < -0.39 is 12.7 Å². The van der Waals surface area contributed by atoms with Gasteiger partial charge in [-0.15, -0.1) is 0 Å². The Morgan fingerprint density at radius 3 is 2.53 bits per heavy atom. The first-order valence-corrected chi connectivity index (χ1v) is 5.10. The van der Waals surface area contributed by atoms with Crippen LogP contribution in [0.3, 0.4) is 0 Å². The molecule has 0 atom stereocenters. The van der Waals surface area contributed by atoms with Crippen LogP contribution in [0.2, 0.25) is 0 Å². The van der Waals surface area contributed by atoms with E-state index in [1.54, 1.807) is 6.92 Å². The standard InChI is InChI=1S/C7H11F3N4S/c1-2-3-14(4-7(8,9)10)6-12-5(11)13-15-6/h2-4H2,1H3,(H2,11,13). The van der Waals surface area contributed by atoms with Gasteiger partial charge in [-0.25, -0.2) is 0 Å². The van der Waals surface area contributed by atoms with Gasteiger partial charge in [0.25, 0.3) is 0 Å². The van der Waals surface area contributed by atoms with Gasteiger partial charge in [0, 0.05) is 18.1 Å². The molecular formula is C7H11F3N4S. The molecule has 1 heterocycles. The van der Waals surface area contributed by atoms with Gasteiger partial charge in [0.1, 0.15) is 6.54 Å². The van der Waals surface area contributed by atoms with Crippen molar-refractivity contribution < 1.29 is 13.2 Å². The van der Waals surface area contributed by atoms with Crippen LogP contribution in [0.25, 0.3) is 0 Å². The molecule has 2 N–H and O–H groups in total. The third-order valence-electron chi connectivity index (χ3n) is 1.57. The molecule has 0 saturated carbocycles. The number of rotatable bonds is 4. The van der Waals surface area contributed by atoms with E-state index in [4.69, 9.17) is 5.73 Å². The molecule has 0 spiro atoms. The van der Waals surface area contributed by atoms with Crippen LogP contribution in [-0.2, 0) is 0 Å². The molecule has 1 rings (SSSR count). The first-order chi connectivity index (χ1) is 6.92. The van der Waals surface area contributed by atoms with Crippen molar-refractivity contribution in [3.8, 4) is 0 Å². The second kappa shape index (κ2) is 4.65. The summed E-state index contributed by atoms with van der Waals surface area (Å²) in [7, 11) is 0. The Labute approximate surface area is 89.1 Å². The van der Waals surface area contributed by atoms with Crippen LogP contribution in [0.15, 0.2) is 0 Å². The lowest BCUT2D eigenvalue weighted by atomic mass is 10.4. The highest BCUT2D eigenvalue weighted by molar-refractivity contribution is 7.09. The molecule has 0 saturated heterocycles. The van der Waals surface area contributed by atoms with E-state index in [1.807, 2.05) is 0 Å². The fourth-order valence-electron chi connectivity index (χ4n) is 1.08. The van der Waals surface area contributed by atoms with E-state index >= 15 is 0 Å². The number of aromatic nitrogens is 2.